The lowest BCUT2D eigenvalue weighted by atomic mass is 9.82. The van der Waals surface area contributed by atoms with Gasteiger partial charge in [-0.2, -0.15) is 0 Å². The number of halogens is 4. The highest BCUT2D eigenvalue weighted by Crippen LogP contribution is 2.41. The number of alkyl halides is 3. The monoisotopic (exact) mass is 373 g/mol. The summed E-state index contributed by atoms with van der Waals surface area (Å²) in [6.45, 7) is 0.311. The van der Waals surface area contributed by atoms with Crippen LogP contribution >= 0.6 is 12.4 Å². The van der Waals surface area contributed by atoms with Crippen molar-refractivity contribution in [1.29, 1.82) is 0 Å². The maximum atomic E-state index is 12.1. The number of nitrogens with zero attached hydrogens (tertiary/aromatic N) is 2. The second-order valence-corrected chi connectivity index (χ2v) is 5.83. The molecule has 0 aromatic carbocycles. The van der Waals surface area contributed by atoms with Crippen molar-refractivity contribution in [2.45, 2.75) is 55.9 Å². The van der Waals surface area contributed by atoms with E-state index in [2.05, 4.69) is 14.9 Å². The second-order valence-electron chi connectivity index (χ2n) is 5.83. The van der Waals surface area contributed by atoms with Gasteiger partial charge in [0, 0.05) is 19.4 Å². The Balaban J connectivity index is 0.00000208. The standard InChI is InChI=1S/C13H18F3N3O4.ClH/c1-20-9-4-10(21-5-8(9)17)12-19-18-11(22-12)6-2-7(3-6)23-13(14,15)16;/h6-10H,2-5,17H2,1H3;1H/t6?,7?,8-,9?,10-;/m0./s1. The third-order valence-corrected chi connectivity index (χ3v) is 4.19. The molecule has 0 spiro atoms. The quantitative estimate of drug-likeness (QED) is 0.863. The fraction of sp³-hybridized carbons (Fsp3) is 0.846. The number of rotatable bonds is 4. The van der Waals surface area contributed by atoms with Crippen molar-refractivity contribution >= 4 is 12.4 Å². The van der Waals surface area contributed by atoms with Gasteiger partial charge < -0.3 is 19.6 Å². The Bertz CT molecular complexity index is 539. The van der Waals surface area contributed by atoms with Gasteiger partial charge in [0.15, 0.2) is 0 Å². The second kappa shape index (κ2) is 7.52. The van der Waals surface area contributed by atoms with E-state index in [9.17, 15) is 13.2 Å². The van der Waals surface area contributed by atoms with Crippen LogP contribution in [0.4, 0.5) is 13.2 Å². The van der Waals surface area contributed by atoms with Gasteiger partial charge in [-0.15, -0.1) is 35.8 Å². The molecule has 2 N–H and O–H groups in total. The summed E-state index contributed by atoms with van der Waals surface area (Å²) in [5, 5.41) is 7.84. The van der Waals surface area contributed by atoms with Crippen molar-refractivity contribution < 1.29 is 31.8 Å². The van der Waals surface area contributed by atoms with Crippen LogP contribution in [-0.2, 0) is 14.2 Å². The van der Waals surface area contributed by atoms with Gasteiger partial charge in [-0.05, 0) is 12.8 Å². The fourth-order valence-electron chi connectivity index (χ4n) is 2.83. The first-order valence-corrected chi connectivity index (χ1v) is 7.33. The first-order valence-electron chi connectivity index (χ1n) is 7.33. The molecule has 1 unspecified atom stereocenters. The first-order chi connectivity index (χ1) is 10.9. The molecule has 24 heavy (non-hydrogen) atoms. The van der Waals surface area contributed by atoms with E-state index in [0.29, 0.717) is 24.8 Å². The minimum atomic E-state index is -4.61. The molecule has 0 radical (unpaired) electrons. The van der Waals surface area contributed by atoms with Gasteiger partial charge in [-0.3, -0.25) is 4.74 Å². The highest BCUT2D eigenvalue weighted by atomic mass is 35.5. The van der Waals surface area contributed by atoms with Gasteiger partial charge in [0.25, 0.3) is 0 Å². The summed E-state index contributed by atoms with van der Waals surface area (Å²) in [6, 6.07) is -0.217. The minimum Gasteiger partial charge on any atom is -0.422 e. The van der Waals surface area contributed by atoms with Crippen LogP contribution in [0.2, 0.25) is 0 Å². The molecule has 3 rings (SSSR count). The van der Waals surface area contributed by atoms with Gasteiger partial charge in [0.2, 0.25) is 11.8 Å². The van der Waals surface area contributed by atoms with Gasteiger partial charge in [0.1, 0.15) is 6.10 Å². The van der Waals surface area contributed by atoms with E-state index in [1.165, 1.54) is 0 Å². The van der Waals surface area contributed by atoms with Crippen molar-refractivity contribution in [2.75, 3.05) is 13.7 Å². The lowest BCUT2D eigenvalue weighted by Crippen LogP contribution is -2.45. The predicted molar refractivity (Wildman–Crippen MR) is 76.5 cm³/mol. The molecule has 1 aromatic rings. The number of ether oxygens (including phenoxy) is 3. The lowest BCUT2D eigenvalue weighted by Gasteiger charge is -2.33. The Morgan fingerprint density at radius 1 is 1.17 bits per heavy atom. The SMILES string of the molecule is COC1C[C@@H](c2nnc(C3CC(OC(F)(F)F)C3)o2)OC[C@@H]1N.Cl. The highest BCUT2D eigenvalue weighted by molar-refractivity contribution is 5.85. The molecule has 1 saturated carbocycles. The fourth-order valence-corrected chi connectivity index (χ4v) is 2.83. The maximum absolute atomic E-state index is 12.1. The Morgan fingerprint density at radius 2 is 1.83 bits per heavy atom. The van der Waals surface area contributed by atoms with Crippen LogP contribution in [0.15, 0.2) is 4.42 Å². The van der Waals surface area contributed by atoms with Crippen LogP contribution in [0.25, 0.3) is 0 Å². The van der Waals surface area contributed by atoms with Crippen LogP contribution < -0.4 is 5.73 Å². The molecule has 1 aliphatic heterocycles. The van der Waals surface area contributed by atoms with E-state index in [0.717, 1.165) is 0 Å². The molecular formula is C13H19ClF3N3O4. The molecular weight excluding hydrogens is 355 g/mol. The molecule has 2 fully saturated rings. The average Bonchev–Trinajstić information content (AvgIpc) is 2.91. The van der Waals surface area contributed by atoms with Crippen LogP contribution in [0, 0.1) is 0 Å². The third kappa shape index (κ3) is 4.37. The zero-order chi connectivity index (χ0) is 16.6. The molecule has 2 heterocycles. The van der Waals surface area contributed by atoms with Crippen molar-refractivity contribution in [2.24, 2.45) is 5.73 Å². The third-order valence-electron chi connectivity index (χ3n) is 4.19. The van der Waals surface area contributed by atoms with Gasteiger partial charge >= 0.3 is 6.36 Å². The van der Waals surface area contributed by atoms with Crippen LogP contribution in [0.3, 0.4) is 0 Å². The smallest absolute Gasteiger partial charge is 0.422 e. The van der Waals surface area contributed by atoms with E-state index in [1.807, 2.05) is 0 Å². The summed E-state index contributed by atoms with van der Waals surface area (Å²) < 4.78 is 56.6. The molecule has 0 amide bonds. The normalized spacial score (nSPS) is 33.6. The Kier molecular flexibility index (Phi) is 6.08. The first kappa shape index (κ1) is 19.4. The van der Waals surface area contributed by atoms with Crippen molar-refractivity contribution in [3.8, 4) is 0 Å². The Labute approximate surface area is 142 Å². The van der Waals surface area contributed by atoms with Crippen LogP contribution in [-0.4, -0.2) is 48.5 Å². The molecule has 138 valence electrons. The molecule has 1 aliphatic carbocycles. The molecule has 2 aliphatic rings. The summed E-state index contributed by atoms with van der Waals surface area (Å²) in [7, 11) is 1.57. The van der Waals surface area contributed by atoms with E-state index < -0.39 is 18.6 Å². The maximum Gasteiger partial charge on any atom is 0.522 e. The zero-order valence-electron chi connectivity index (χ0n) is 12.9. The van der Waals surface area contributed by atoms with E-state index >= 15 is 0 Å². The topological polar surface area (TPSA) is 92.6 Å². The Morgan fingerprint density at radius 3 is 2.46 bits per heavy atom. The predicted octanol–water partition coefficient (Wildman–Crippen LogP) is 2.08. The van der Waals surface area contributed by atoms with Gasteiger partial charge in [-0.1, -0.05) is 0 Å². The van der Waals surface area contributed by atoms with E-state index in [-0.39, 0.29) is 43.3 Å². The molecule has 7 nitrogen and oxygen atoms in total. The number of methoxy groups -OCH3 is 1. The summed E-state index contributed by atoms with van der Waals surface area (Å²) >= 11 is 0. The van der Waals surface area contributed by atoms with Crippen molar-refractivity contribution in [1.82, 2.24) is 10.2 Å². The number of hydrogen-bond acceptors (Lipinski definition) is 7. The number of hydrogen-bond donors (Lipinski definition) is 1. The summed E-state index contributed by atoms with van der Waals surface area (Å²) in [5.41, 5.74) is 5.86. The average molecular weight is 374 g/mol. The van der Waals surface area contributed by atoms with Crippen LogP contribution in [0.1, 0.15) is 43.1 Å². The highest BCUT2D eigenvalue weighted by Gasteiger charge is 2.43. The van der Waals surface area contributed by atoms with Gasteiger partial charge in [-0.25, -0.2) is 0 Å². The minimum absolute atomic E-state index is 0. The van der Waals surface area contributed by atoms with Crippen molar-refractivity contribution in [3.63, 3.8) is 0 Å². The van der Waals surface area contributed by atoms with E-state index in [1.54, 1.807) is 7.11 Å². The van der Waals surface area contributed by atoms with Gasteiger partial charge in [0.05, 0.1) is 24.9 Å². The lowest BCUT2D eigenvalue weighted by molar-refractivity contribution is -0.352. The summed E-state index contributed by atoms with van der Waals surface area (Å²) in [6.07, 6.45) is -5.14. The van der Waals surface area contributed by atoms with Crippen molar-refractivity contribution in [3.05, 3.63) is 11.8 Å². The summed E-state index contributed by atoms with van der Waals surface area (Å²) in [5.74, 6) is 0.399. The largest absolute Gasteiger partial charge is 0.522 e. The number of nitrogens with two attached hydrogens (primary N) is 1. The molecule has 1 aromatic heterocycles. The molecule has 3 atom stereocenters. The van der Waals surface area contributed by atoms with Crippen LogP contribution in [0.5, 0.6) is 0 Å². The molecule has 11 heteroatoms. The molecule has 0 bridgehead atoms. The zero-order valence-corrected chi connectivity index (χ0v) is 13.7. The Hall–Kier alpha value is -0.940. The van der Waals surface area contributed by atoms with E-state index in [4.69, 9.17) is 19.6 Å². The summed E-state index contributed by atoms with van der Waals surface area (Å²) in [4.78, 5) is 0. The number of aromatic nitrogens is 2. The molecule has 1 saturated heterocycles.